The molecule has 1 aromatic heterocycles. The Bertz CT molecular complexity index is 554. The van der Waals surface area contributed by atoms with Crippen molar-refractivity contribution in [2.75, 3.05) is 13.7 Å². The standard InChI is InChI=1S/C13H15FN2OS/c1-8-16-11(5-6-15)13(18-8)10-7-9(14)3-4-12(10)17-2/h3-4,7H,5-6,15H2,1-2H3. The van der Waals surface area contributed by atoms with E-state index in [9.17, 15) is 4.39 Å². The van der Waals surface area contributed by atoms with Crippen LogP contribution in [0, 0.1) is 12.7 Å². The Morgan fingerprint density at radius 1 is 1.44 bits per heavy atom. The number of benzene rings is 1. The molecule has 0 radical (unpaired) electrons. The predicted molar refractivity (Wildman–Crippen MR) is 71.6 cm³/mol. The van der Waals surface area contributed by atoms with Crippen LogP contribution < -0.4 is 10.5 Å². The number of methoxy groups -OCH3 is 1. The topological polar surface area (TPSA) is 48.1 Å². The van der Waals surface area contributed by atoms with Crippen LogP contribution in [0.5, 0.6) is 5.75 Å². The Hall–Kier alpha value is -1.46. The molecule has 2 rings (SSSR count). The van der Waals surface area contributed by atoms with Crippen LogP contribution in [-0.4, -0.2) is 18.6 Å². The lowest BCUT2D eigenvalue weighted by Gasteiger charge is -2.08. The summed E-state index contributed by atoms with van der Waals surface area (Å²) < 4.78 is 18.7. The number of hydrogen-bond donors (Lipinski definition) is 1. The summed E-state index contributed by atoms with van der Waals surface area (Å²) in [5, 5.41) is 0.944. The van der Waals surface area contributed by atoms with E-state index in [1.54, 1.807) is 13.2 Å². The van der Waals surface area contributed by atoms with Gasteiger partial charge in [-0.15, -0.1) is 11.3 Å². The van der Waals surface area contributed by atoms with E-state index in [4.69, 9.17) is 10.5 Å². The van der Waals surface area contributed by atoms with Gasteiger partial charge in [-0.2, -0.15) is 0 Å². The summed E-state index contributed by atoms with van der Waals surface area (Å²) in [5.41, 5.74) is 7.23. The highest BCUT2D eigenvalue weighted by atomic mass is 32.1. The number of nitrogens with two attached hydrogens (primary N) is 1. The number of halogens is 1. The molecule has 0 fully saturated rings. The highest BCUT2D eigenvalue weighted by Gasteiger charge is 2.15. The van der Waals surface area contributed by atoms with Crippen molar-refractivity contribution >= 4 is 11.3 Å². The average molecular weight is 266 g/mol. The predicted octanol–water partition coefficient (Wildman–Crippen LogP) is 2.77. The largest absolute Gasteiger partial charge is 0.496 e. The van der Waals surface area contributed by atoms with Crippen LogP contribution in [0.4, 0.5) is 4.39 Å². The molecule has 0 saturated carbocycles. The van der Waals surface area contributed by atoms with Crippen LogP contribution in [0.15, 0.2) is 18.2 Å². The van der Waals surface area contributed by atoms with Crippen LogP contribution >= 0.6 is 11.3 Å². The van der Waals surface area contributed by atoms with Gasteiger partial charge in [0.2, 0.25) is 0 Å². The minimum absolute atomic E-state index is 0.282. The molecule has 0 amide bonds. The summed E-state index contributed by atoms with van der Waals surface area (Å²) in [6.45, 7) is 2.45. The zero-order valence-electron chi connectivity index (χ0n) is 10.4. The van der Waals surface area contributed by atoms with Crippen molar-refractivity contribution in [1.29, 1.82) is 0 Å². The molecule has 0 unspecified atom stereocenters. The molecule has 2 aromatic rings. The molecule has 0 aliphatic rings. The molecule has 0 bridgehead atoms. The van der Waals surface area contributed by atoms with Crippen LogP contribution in [-0.2, 0) is 6.42 Å². The Morgan fingerprint density at radius 3 is 2.89 bits per heavy atom. The molecule has 0 aliphatic heterocycles. The molecule has 0 saturated heterocycles. The first-order chi connectivity index (χ1) is 8.65. The van der Waals surface area contributed by atoms with Gasteiger partial charge in [0, 0.05) is 12.0 Å². The molecule has 1 heterocycles. The fraction of sp³-hybridized carbons (Fsp3) is 0.308. The number of rotatable bonds is 4. The van der Waals surface area contributed by atoms with Gasteiger partial charge >= 0.3 is 0 Å². The third kappa shape index (κ3) is 2.52. The second kappa shape index (κ2) is 5.46. The second-order valence-electron chi connectivity index (χ2n) is 3.89. The van der Waals surface area contributed by atoms with Gasteiger partial charge < -0.3 is 10.5 Å². The molecule has 0 atom stereocenters. The first kappa shape index (κ1) is 13.0. The summed E-state index contributed by atoms with van der Waals surface area (Å²) in [6.07, 6.45) is 0.680. The number of aromatic nitrogens is 1. The van der Waals surface area contributed by atoms with Crippen LogP contribution in [0.25, 0.3) is 10.4 Å². The fourth-order valence-electron chi connectivity index (χ4n) is 1.84. The maximum Gasteiger partial charge on any atom is 0.127 e. The SMILES string of the molecule is COc1ccc(F)cc1-c1sc(C)nc1CCN. The summed E-state index contributed by atoms with van der Waals surface area (Å²) >= 11 is 1.53. The van der Waals surface area contributed by atoms with Crippen molar-refractivity contribution in [3.8, 4) is 16.2 Å². The summed E-state index contributed by atoms with van der Waals surface area (Å²) in [7, 11) is 1.58. The van der Waals surface area contributed by atoms with Gasteiger partial charge in [0.15, 0.2) is 0 Å². The molecule has 1 aromatic carbocycles. The van der Waals surface area contributed by atoms with Crippen molar-refractivity contribution < 1.29 is 9.13 Å². The Balaban J connectivity index is 2.56. The first-order valence-corrected chi connectivity index (χ1v) is 6.47. The van der Waals surface area contributed by atoms with E-state index < -0.39 is 0 Å². The van der Waals surface area contributed by atoms with E-state index in [0.717, 1.165) is 21.1 Å². The second-order valence-corrected chi connectivity index (χ2v) is 5.10. The van der Waals surface area contributed by atoms with Gasteiger partial charge in [0.1, 0.15) is 11.6 Å². The minimum Gasteiger partial charge on any atom is -0.496 e. The van der Waals surface area contributed by atoms with Crippen LogP contribution in [0.3, 0.4) is 0 Å². The normalized spacial score (nSPS) is 10.7. The zero-order valence-corrected chi connectivity index (χ0v) is 11.2. The summed E-state index contributed by atoms with van der Waals surface area (Å²) in [5.74, 6) is 0.369. The molecule has 96 valence electrons. The van der Waals surface area contributed by atoms with Crippen LogP contribution in [0.1, 0.15) is 10.7 Å². The summed E-state index contributed by atoms with van der Waals surface area (Å²) in [4.78, 5) is 5.38. The van der Waals surface area contributed by atoms with Gasteiger partial charge in [-0.05, 0) is 31.7 Å². The van der Waals surface area contributed by atoms with Crippen molar-refractivity contribution in [2.45, 2.75) is 13.3 Å². The van der Waals surface area contributed by atoms with Crippen molar-refractivity contribution in [1.82, 2.24) is 4.98 Å². The Labute approximate surface area is 109 Å². The molecule has 5 heteroatoms. The van der Waals surface area contributed by atoms with Gasteiger partial charge in [-0.25, -0.2) is 9.37 Å². The quantitative estimate of drug-likeness (QED) is 0.925. The van der Waals surface area contributed by atoms with Gasteiger partial charge in [-0.3, -0.25) is 0 Å². The number of nitrogens with zero attached hydrogens (tertiary/aromatic N) is 1. The number of ether oxygens (including phenoxy) is 1. The number of aryl methyl sites for hydroxylation is 1. The van der Waals surface area contributed by atoms with E-state index in [-0.39, 0.29) is 5.82 Å². The molecule has 2 N–H and O–H groups in total. The molecule has 3 nitrogen and oxygen atoms in total. The lowest BCUT2D eigenvalue weighted by molar-refractivity contribution is 0.415. The monoisotopic (exact) mass is 266 g/mol. The number of thiazole rings is 1. The van der Waals surface area contributed by atoms with E-state index in [1.807, 2.05) is 6.92 Å². The van der Waals surface area contributed by atoms with Gasteiger partial charge in [0.25, 0.3) is 0 Å². The van der Waals surface area contributed by atoms with E-state index >= 15 is 0 Å². The Kier molecular flexibility index (Phi) is 3.93. The number of hydrogen-bond acceptors (Lipinski definition) is 4. The molecule has 18 heavy (non-hydrogen) atoms. The third-order valence-corrected chi connectivity index (χ3v) is 3.64. The zero-order chi connectivity index (χ0) is 13.1. The first-order valence-electron chi connectivity index (χ1n) is 5.66. The molecule has 0 spiro atoms. The van der Waals surface area contributed by atoms with Crippen molar-refractivity contribution in [2.24, 2.45) is 5.73 Å². The van der Waals surface area contributed by atoms with Crippen LogP contribution in [0.2, 0.25) is 0 Å². The highest BCUT2D eigenvalue weighted by Crippen LogP contribution is 2.37. The maximum atomic E-state index is 13.4. The maximum absolute atomic E-state index is 13.4. The smallest absolute Gasteiger partial charge is 0.127 e. The highest BCUT2D eigenvalue weighted by molar-refractivity contribution is 7.15. The molecule has 0 aliphatic carbocycles. The average Bonchev–Trinajstić information content (AvgIpc) is 2.71. The minimum atomic E-state index is -0.282. The van der Waals surface area contributed by atoms with Crippen molar-refractivity contribution in [3.63, 3.8) is 0 Å². The summed E-state index contributed by atoms with van der Waals surface area (Å²) in [6, 6.07) is 4.50. The Morgan fingerprint density at radius 2 is 2.22 bits per heavy atom. The van der Waals surface area contributed by atoms with Crippen molar-refractivity contribution in [3.05, 3.63) is 34.7 Å². The van der Waals surface area contributed by atoms with Gasteiger partial charge in [0.05, 0.1) is 22.7 Å². The lowest BCUT2D eigenvalue weighted by Crippen LogP contribution is -2.04. The van der Waals surface area contributed by atoms with E-state index in [1.165, 1.54) is 23.5 Å². The fourth-order valence-corrected chi connectivity index (χ4v) is 2.83. The van der Waals surface area contributed by atoms with E-state index in [2.05, 4.69) is 4.98 Å². The molecular formula is C13H15FN2OS. The lowest BCUT2D eigenvalue weighted by atomic mass is 10.1. The molecular weight excluding hydrogens is 251 g/mol. The third-order valence-electron chi connectivity index (χ3n) is 2.59. The van der Waals surface area contributed by atoms with Gasteiger partial charge in [-0.1, -0.05) is 0 Å². The van der Waals surface area contributed by atoms with E-state index in [0.29, 0.717) is 18.7 Å².